The fourth-order valence-corrected chi connectivity index (χ4v) is 4.87. The number of carboxylic acid groups (broad SMARTS) is 1. The van der Waals surface area contributed by atoms with Crippen LogP contribution in [0.3, 0.4) is 0 Å². The third-order valence-corrected chi connectivity index (χ3v) is 7.03. The molecule has 0 aliphatic carbocycles. The summed E-state index contributed by atoms with van der Waals surface area (Å²) < 4.78 is 14.3. The van der Waals surface area contributed by atoms with Gasteiger partial charge in [-0.3, -0.25) is 14.5 Å². The van der Waals surface area contributed by atoms with Gasteiger partial charge in [0.15, 0.2) is 5.78 Å². The number of carbonyl (C=O) groups is 2. The number of benzene rings is 2. The predicted octanol–water partition coefficient (Wildman–Crippen LogP) is 3.85. The monoisotopic (exact) mass is 514 g/mol. The van der Waals surface area contributed by atoms with E-state index in [1.54, 1.807) is 18.2 Å². The third kappa shape index (κ3) is 6.34. The molecule has 3 aromatic rings. The van der Waals surface area contributed by atoms with Gasteiger partial charge in [0.05, 0.1) is 18.7 Å². The molecule has 1 fully saturated rings. The van der Waals surface area contributed by atoms with Gasteiger partial charge in [0.2, 0.25) is 0 Å². The van der Waals surface area contributed by atoms with Crippen molar-refractivity contribution in [2.24, 2.45) is 11.8 Å². The van der Waals surface area contributed by atoms with Crippen LogP contribution in [-0.2, 0) is 11.2 Å². The summed E-state index contributed by atoms with van der Waals surface area (Å²) in [4.78, 5) is 26.8. The Morgan fingerprint density at radius 3 is 2.61 bits per heavy atom. The minimum absolute atomic E-state index is 0.0000181. The van der Waals surface area contributed by atoms with Crippen molar-refractivity contribution in [1.29, 1.82) is 0 Å². The Morgan fingerprint density at radius 1 is 1.22 bits per heavy atom. The summed E-state index contributed by atoms with van der Waals surface area (Å²) in [7, 11) is 0. The van der Waals surface area contributed by atoms with E-state index in [2.05, 4.69) is 15.4 Å². The quantitative estimate of drug-likeness (QED) is 0.314. The Bertz CT molecular complexity index is 1190. The fourth-order valence-electron chi connectivity index (χ4n) is 4.69. The van der Waals surface area contributed by atoms with Crippen molar-refractivity contribution < 1.29 is 24.2 Å². The summed E-state index contributed by atoms with van der Waals surface area (Å²) in [5, 5.41) is 29.8. The molecular weight excluding hydrogens is 487 g/mol. The number of aliphatic carboxylic acids is 1. The van der Waals surface area contributed by atoms with Crippen molar-refractivity contribution >= 4 is 23.4 Å². The molecule has 1 saturated heterocycles. The molecule has 3 atom stereocenters. The summed E-state index contributed by atoms with van der Waals surface area (Å²) in [5.74, 6) is -2.47. The largest absolute Gasteiger partial charge is 0.481 e. The maximum Gasteiger partial charge on any atom is 0.307 e. The first kappa shape index (κ1) is 25.9. The molecular formula is C26H28ClFN4O4. The predicted molar refractivity (Wildman–Crippen MR) is 132 cm³/mol. The molecule has 8 nitrogen and oxygen atoms in total. The smallest absolute Gasteiger partial charge is 0.307 e. The van der Waals surface area contributed by atoms with Gasteiger partial charge in [0.1, 0.15) is 11.5 Å². The zero-order valence-electron chi connectivity index (χ0n) is 19.6. The average Bonchev–Trinajstić information content (AvgIpc) is 3.38. The second-order valence-electron chi connectivity index (χ2n) is 9.26. The van der Waals surface area contributed by atoms with Crippen LogP contribution in [-0.4, -0.2) is 68.0 Å². The van der Waals surface area contributed by atoms with E-state index in [0.717, 1.165) is 18.5 Å². The molecule has 2 heterocycles. The highest BCUT2D eigenvalue weighted by atomic mass is 35.5. The number of nitrogens with one attached hydrogen (secondary N) is 1. The van der Waals surface area contributed by atoms with Crippen molar-refractivity contribution in [3.8, 4) is 11.1 Å². The molecule has 0 spiro atoms. The first-order chi connectivity index (χ1) is 17.3. The maximum atomic E-state index is 14.3. The Labute approximate surface area is 213 Å². The van der Waals surface area contributed by atoms with E-state index in [0.29, 0.717) is 29.1 Å². The Balaban J connectivity index is 1.51. The number of H-pyrrole nitrogens is 1. The molecule has 10 heteroatoms. The van der Waals surface area contributed by atoms with Crippen LogP contribution in [0.1, 0.15) is 35.3 Å². The van der Waals surface area contributed by atoms with Crippen LogP contribution in [0.25, 0.3) is 11.1 Å². The zero-order valence-corrected chi connectivity index (χ0v) is 20.4. The van der Waals surface area contributed by atoms with Crippen LogP contribution in [0.4, 0.5) is 4.39 Å². The number of aliphatic hydroxyl groups excluding tert-OH is 1. The molecule has 1 aliphatic heterocycles. The number of hydrogen-bond donors (Lipinski definition) is 3. The molecule has 0 amide bonds. The van der Waals surface area contributed by atoms with E-state index in [1.807, 2.05) is 17.0 Å². The summed E-state index contributed by atoms with van der Waals surface area (Å²) in [6, 6.07) is 11.7. The summed E-state index contributed by atoms with van der Waals surface area (Å²) >= 11 is 6.02. The number of halogens is 2. The fraction of sp³-hybridized carbons (Fsp3) is 0.385. The number of carboxylic acids is 1. The van der Waals surface area contributed by atoms with Gasteiger partial charge in [-0.15, -0.1) is 0 Å². The van der Waals surface area contributed by atoms with Gasteiger partial charge in [-0.25, -0.2) is 4.39 Å². The van der Waals surface area contributed by atoms with Crippen LogP contribution in [0.5, 0.6) is 0 Å². The van der Waals surface area contributed by atoms with Gasteiger partial charge in [0.25, 0.3) is 0 Å². The molecule has 1 aliphatic rings. The van der Waals surface area contributed by atoms with E-state index in [9.17, 15) is 24.2 Å². The number of nitrogens with zero attached hydrogens (tertiary/aromatic N) is 3. The Hall–Kier alpha value is -3.14. The van der Waals surface area contributed by atoms with Gasteiger partial charge in [-0.05, 0) is 54.5 Å². The van der Waals surface area contributed by atoms with Crippen molar-refractivity contribution in [3.05, 3.63) is 70.8 Å². The number of ketones is 1. The van der Waals surface area contributed by atoms with Crippen LogP contribution in [0.15, 0.2) is 48.7 Å². The summed E-state index contributed by atoms with van der Waals surface area (Å²) in [5.41, 5.74) is 2.18. The van der Waals surface area contributed by atoms with Gasteiger partial charge < -0.3 is 10.2 Å². The minimum atomic E-state index is -0.927. The Morgan fingerprint density at radius 2 is 2.00 bits per heavy atom. The van der Waals surface area contributed by atoms with Gasteiger partial charge in [-0.2, -0.15) is 15.4 Å². The number of likely N-dealkylation sites (tertiary alicyclic amines) is 1. The summed E-state index contributed by atoms with van der Waals surface area (Å²) in [6.07, 6.45) is 3.07. The lowest BCUT2D eigenvalue weighted by atomic mass is 9.84. The van der Waals surface area contributed by atoms with Crippen molar-refractivity contribution in [1.82, 2.24) is 20.3 Å². The number of aromatic nitrogens is 3. The Kier molecular flexibility index (Phi) is 8.45. The minimum Gasteiger partial charge on any atom is -0.481 e. The van der Waals surface area contributed by atoms with Gasteiger partial charge >= 0.3 is 5.97 Å². The standard InChI is InChI=1S/C26H28ClFN4O4/c27-20-5-6-23(28)22(12-20)18-3-1-16(2-4-18)9-17(11-25(34)24-13-29-31-30-24)10-19(26(35)36)14-32-8-7-21(32)15-33/h1-6,12-13,17,19,21,33H,7-11,14-15H2,(H,35,36)(H,29,30,31)/t17-,19+,21+/m1/s1. The lowest BCUT2D eigenvalue weighted by Crippen LogP contribution is -2.52. The molecule has 3 N–H and O–H groups in total. The number of aromatic amines is 1. The zero-order chi connectivity index (χ0) is 25.7. The maximum absolute atomic E-state index is 14.3. The summed E-state index contributed by atoms with van der Waals surface area (Å²) in [6.45, 7) is 1.07. The number of Topliss-reactive ketones (excluding diaryl/α,β-unsaturated/α-hetero) is 1. The number of rotatable bonds is 12. The highest BCUT2D eigenvalue weighted by molar-refractivity contribution is 6.30. The van der Waals surface area contributed by atoms with Crippen LogP contribution < -0.4 is 0 Å². The molecule has 0 saturated carbocycles. The highest BCUT2D eigenvalue weighted by Gasteiger charge is 2.33. The van der Waals surface area contributed by atoms with E-state index >= 15 is 0 Å². The number of aliphatic hydroxyl groups is 1. The number of hydrogen-bond acceptors (Lipinski definition) is 6. The molecule has 0 unspecified atom stereocenters. The molecule has 0 radical (unpaired) electrons. The van der Waals surface area contributed by atoms with Crippen LogP contribution in [0, 0.1) is 17.7 Å². The van der Waals surface area contributed by atoms with Crippen molar-refractivity contribution in [2.45, 2.75) is 31.7 Å². The van der Waals surface area contributed by atoms with E-state index < -0.39 is 11.9 Å². The molecule has 0 bridgehead atoms. The third-order valence-electron chi connectivity index (χ3n) is 6.79. The van der Waals surface area contributed by atoms with Gasteiger partial charge in [0, 0.05) is 36.1 Å². The number of carbonyl (C=O) groups excluding carboxylic acids is 1. The van der Waals surface area contributed by atoms with E-state index in [-0.39, 0.29) is 48.7 Å². The second kappa shape index (κ2) is 11.7. The lowest BCUT2D eigenvalue weighted by molar-refractivity contribution is -0.144. The molecule has 190 valence electrons. The average molecular weight is 515 g/mol. The topological polar surface area (TPSA) is 119 Å². The van der Waals surface area contributed by atoms with E-state index in [1.165, 1.54) is 18.3 Å². The van der Waals surface area contributed by atoms with Crippen LogP contribution >= 0.6 is 11.6 Å². The van der Waals surface area contributed by atoms with Gasteiger partial charge in [-0.1, -0.05) is 35.9 Å². The SMILES string of the molecule is O=C(C[C@H](Cc1ccc(-c2cc(Cl)ccc2F)cc1)C[C@@H](CN1CC[C@H]1CO)C(=O)O)c1cn[nH]n1. The molecule has 2 aromatic carbocycles. The van der Waals surface area contributed by atoms with Crippen molar-refractivity contribution in [2.75, 3.05) is 19.7 Å². The van der Waals surface area contributed by atoms with Crippen LogP contribution in [0.2, 0.25) is 5.02 Å². The van der Waals surface area contributed by atoms with E-state index in [4.69, 9.17) is 11.6 Å². The normalized spacial score (nSPS) is 17.4. The van der Waals surface area contributed by atoms with Crippen molar-refractivity contribution in [3.63, 3.8) is 0 Å². The first-order valence-corrected chi connectivity index (χ1v) is 12.2. The molecule has 36 heavy (non-hydrogen) atoms. The lowest BCUT2D eigenvalue weighted by Gasteiger charge is -2.41. The molecule has 1 aromatic heterocycles. The molecule has 4 rings (SSSR count). The second-order valence-corrected chi connectivity index (χ2v) is 9.70. The highest BCUT2D eigenvalue weighted by Crippen LogP contribution is 2.29. The first-order valence-electron chi connectivity index (χ1n) is 11.8.